The van der Waals surface area contributed by atoms with Gasteiger partial charge < -0.3 is 9.47 Å². The zero-order valence-corrected chi connectivity index (χ0v) is 13.1. The number of halogens is 11. The maximum absolute atomic E-state index is 13.8. The van der Waals surface area contributed by atoms with Crippen molar-refractivity contribution in [3.8, 4) is 0 Å². The summed E-state index contributed by atoms with van der Waals surface area (Å²) in [5, 5.41) is 0. The maximum atomic E-state index is 13.8. The predicted octanol–water partition coefficient (Wildman–Crippen LogP) is 3.44. The second-order valence-corrected chi connectivity index (χ2v) is 5.29. The van der Waals surface area contributed by atoms with Crippen LogP contribution in [-0.4, -0.2) is 54.4 Å². The van der Waals surface area contributed by atoms with Gasteiger partial charge in [-0.3, -0.25) is 0 Å². The average Bonchev–Trinajstić information content (AvgIpc) is 2.53. The molecule has 0 saturated heterocycles. The lowest BCUT2D eigenvalue weighted by atomic mass is 10.1. The van der Waals surface area contributed by atoms with E-state index in [2.05, 4.69) is 20.8 Å². The van der Waals surface area contributed by atoms with E-state index in [9.17, 15) is 57.9 Å². The van der Waals surface area contributed by atoms with Gasteiger partial charge in [-0.2, -0.15) is 39.5 Å². The summed E-state index contributed by atoms with van der Waals surface area (Å²) in [5.41, 5.74) is -0.381. The summed E-state index contributed by atoms with van der Waals surface area (Å²) in [4.78, 5) is 21.8. The molecular weight excluding hydrogens is 433 g/mol. The van der Waals surface area contributed by atoms with E-state index >= 15 is 0 Å². The van der Waals surface area contributed by atoms with Crippen LogP contribution in [0.5, 0.6) is 0 Å². The average molecular weight is 440 g/mol. The smallest absolute Gasteiger partial charge is 0.450 e. The quantitative estimate of drug-likeness (QED) is 0.274. The third-order valence-corrected chi connectivity index (χ3v) is 3.15. The Balaban J connectivity index is 3.11. The van der Waals surface area contributed by atoms with Gasteiger partial charge in [0.15, 0.2) is 6.61 Å². The second kappa shape index (κ2) is 6.45. The van der Waals surface area contributed by atoms with Crippen LogP contribution in [0.25, 0.3) is 0 Å². The molecule has 0 atom stereocenters. The lowest BCUT2D eigenvalue weighted by Crippen LogP contribution is -2.59. The molecule has 0 aromatic heterocycles. The minimum absolute atomic E-state index is 0.381. The molecule has 5 nitrogen and oxygen atoms in total. The maximum Gasteiger partial charge on any atom is 0.540 e. The zero-order chi connectivity index (χ0) is 22.6. The molecule has 1 saturated carbocycles. The van der Waals surface area contributed by atoms with Gasteiger partial charge in [0.05, 0.1) is 0 Å². The van der Waals surface area contributed by atoms with E-state index in [1.165, 1.54) is 0 Å². The highest BCUT2D eigenvalue weighted by molar-refractivity contribution is 5.88. The van der Waals surface area contributed by atoms with E-state index in [-0.39, 0.29) is 5.57 Å². The minimum atomic E-state index is -7.20. The predicted molar refractivity (Wildman–Crippen MR) is 61.5 cm³/mol. The fraction of sp³-hybridized carbons (Fsp3) is 0.667. The molecule has 1 rings (SSSR count). The first-order chi connectivity index (χ1) is 12.2. The molecule has 0 spiro atoms. The number of hydrogen-bond acceptors (Lipinski definition) is 5. The van der Waals surface area contributed by atoms with Gasteiger partial charge in [-0.15, -0.1) is 8.78 Å². The number of esters is 2. The number of ether oxygens (including phenoxy) is 3. The lowest BCUT2D eigenvalue weighted by molar-refractivity contribution is -0.483. The van der Waals surface area contributed by atoms with Crippen molar-refractivity contribution in [2.75, 3.05) is 6.61 Å². The van der Waals surface area contributed by atoms with Gasteiger partial charge in [0.1, 0.15) is 0 Å². The van der Waals surface area contributed by atoms with Crippen LogP contribution >= 0.6 is 0 Å². The number of alkyl halides is 11. The van der Waals surface area contributed by atoms with Crippen molar-refractivity contribution < 1.29 is 72.1 Å². The Kier molecular flexibility index (Phi) is 5.51. The van der Waals surface area contributed by atoms with Crippen molar-refractivity contribution in [3.05, 3.63) is 12.2 Å². The molecule has 1 aliphatic rings. The highest BCUT2D eigenvalue weighted by Crippen LogP contribution is 2.70. The molecule has 0 radical (unpaired) electrons. The summed E-state index contributed by atoms with van der Waals surface area (Å²) >= 11 is 0. The summed E-state index contributed by atoms with van der Waals surface area (Å²) in [7, 11) is 0. The van der Waals surface area contributed by atoms with E-state index in [1.54, 1.807) is 0 Å². The second-order valence-electron chi connectivity index (χ2n) is 5.29. The lowest BCUT2D eigenvalue weighted by Gasteiger charge is -2.32. The highest BCUT2D eigenvalue weighted by atomic mass is 19.4. The molecule has 0 amide bonds. The van der Waals surface area contributed by atoms with Crippen molar-refractivity contribution in [3.63, 3.8) is 0 Å². The topological polar surface area (TPSA) is 61.8 Å². The molecule has 0 aliphatic heterocycles. The van der Waals surface area contributed by atoms with Crippen molar-refractivity contribution in [1.82, 2.24) is 0 Å². The van der Waals surface area contributed by atoms with Crippen molar-refractivity contribution in [2.24, 2.45) is 0 Å². The number of hydrogen-bond donors (Lipinski definition) is 0. The standard InChI is InChI=1S/C12H7F11O5/c1-4(2)6(25)26-3-5(24)27-12(22,23)28-11(21)9(17,18)7(13,14)8(15,16)10(11,19)20/h1,3H2,2H3. The summed E-state index contributed by atoms with van der Waals surface area (Å²) in [6.45, 7) is 2.26. The molecule has 0 aromatic rings. The van der Waals surface area contributed by atoms with Crippen LogP contribution < -0.4 is 0 Å². The van der Waals surface area contributed by atoms with Gasteiger partial charge in [-0.25, -0.2) is 14.3 Å². The number of rotatable bonds is 6. The monoisotopic (exact) mass is 440 g/mol. The van der Waals surface area contributed by atoms with Crippen molar-refractivity contribution in [2.45, 2.75) is 42.8 Å². The molecule has 0 aromatic carbocycles. The Morgan fingerprint density at radius 1 is 0.857 bits per heavy atom. The van der Waals surface area contributed by atoms with E-state index in [0.29, 0.717) is 0 Å². The summed E-state index contributed by atoms with van der Waals surface area (Å²) in [5.74, 6) is -39.6. The molecule has 0 unspecified atom stereocenters. The molecule has 1 fully saturated rings. The van der Waals surface area contributed by atoms with E-state index in [0.717, 1.165) is 6.92 Å². The first kappa shape index (κ1) is 23.9. The minimum Gasteiger partial charge on any atom is -0.450 e. The molecule has 28 heavy (non-hydrogen) atoms. The number of carbonyl (C=O) groups is 2. The van der Waals surface area contributed by atoms with Gasteiger partial charge in [0.2, 0.25) is 0 Å². The van der Waals surface area contributed by atoms with Crippen LogP contribution in [0.2, 0.25) is 0 Å². The van der Waals surface area contributed by atoms with Crippen molar-refractivity contribution >= 4 is 11.9 Å². The van der Waals surface area contributed by atoms with Crippen LogP contribution in [0.3, 0.4) is 0 Å². The fourth-order valence-corrected chi connectivity index (χ4v) is 1.72. The molecule has 0 heterocycles. The van der Waals surface area contributed by atoms with Crippen LogP contribution in [0.4, 0.5) is 48.3 Å². The molecule has 16 heteroatoms. The summed E-state index contributed by atoms with van der Waals surface area (Å²) in [6, 6.07) is 0. The van der Waals surface area contributed by atoms with Gasteiger partial charge in [-0.05, 0) is 6.92 Å². The Labute approximate surface area is 147 Å². The summed E-state index contributed by atoms with van der Waals surface area (Å²) < 4.78 is 154. The molecule has 162 valence electrons. The summed E-state index contributed by atoms with van der Waals surface area (Å²) in [6.07, 6.45) is -6.19. The Bertz CT molecular complexity index is 661. The highest BCUT2D eigenvalue weighted by Gasteiger charge is 3.02. The first-order valence-electron chi connectivity index (χ1n) is 6.50. The van der Waals surface area contributed by atoms with Crippen LogP contribution in [0, 0.1) is 0 Å². The van der Waals surface area contributed by atoms with Gasteiger partial charge >= 0.3 is 47.8 Å². The Morgan fingerprint density at radius 3 is 1.61 bits per heavy atom. The largest absolute Gasteiger partial charge is 0.540 e. The van der Waals surface area contributed by atoms with Crippen LogP contribution in [0.1, 0.15) is 6.92 Å². The van der Waals surface area contributed by atoms with E-state index < -0.39 is 54.4 Å². The van der Waals surface area contributed by atoms with Crippen LogP contribution in [-0.2, 0) is 23.8 Å². The molecule has 1 aliphatic carbocycles. The normalized spacial score (nSPS) is 23.7. The molecule has 0 bridgehead atoms. The van der Waals surface area contributed by atoms with E-state index in [4.69, 9.17) is 0 Å². The van der Waals surface area contributed by atoms with Gasteiger partial charge in [-0.1, -0.05) is 6.58 Å². The SMILES string of the molecule is C=C(C)C(=O)OCC(=O)OC(F)(F)OC1(F)C(F)(F)C(F)(F)C(F)(F)C1(F)F. The zero-order valence-electron chi connectivity index (χ0n) is 13.1. The number of carbonyl (C=O) groups excluding carboxylic acids is 2. The third-order valence-electron chi connectivity index (χ3n) is 3.15. The van der Waals surface area contributed by atoms with Crippen molar-refractivity contribution in [1.29, 1.82) is 0 Å². The molecular formula is C12H7F11O5. The van der Waals surface area contributed by atoms with Gasteiger partial charge in [0, 0.05) is 5.57 Å². The van der Waals surface area contributed by atoms with Gasteiger partial charge in [0.25, 0.3) is 0 Å². The fourth-order valence-electron chi connectivity index (χ4n) is 1.72. The Morgan fingerprint density at radius 2 is 1.25 bits per heavy atom. The Hall–Kier alpha value is -2.13. The van der Waals surface area contributed by atoms with E-state index in [1.807, 2.05) is 0 Å². The molecule has 0 N–H and O–H groups in total. The third kappa shape index (κ3) is 3.16. The first-order valence-corrected chi connectivity index (χ1v) is 6.50. The van der Waals surface area contributed by atoms with Crippen LogP contribution in [0.15, 0.2) is 12.2 Å².